The Labute approximate surface area is 86.0 Å². The molecule has 0 aliphatic carbocycles. The minimum absolute atomic E-state index is 0.114. The summed E-state index contributed by atoms with van der Waals surface area (Å²) in [5, 5.41) is 5.97. The molecule has 0 atom stereocenters. The van der Waals surface area contributed by atoms with E-state index < -0.39 is 0 Å². The van der Waals surface area contributed by atoms with E-state index in [2.05, 4.69) is 5.10 Å². The summed E-state index contributed by atoms with van der Waals surface area (Å²) in [5.41, 5.74) is 1.07. The lowest BCUT2D eigenvalue weighted by atomic mass is 10.3. The van der Waals surface area contributed by atoms with Gasteiger partial charge in [-0.2, -0.15) is 5.10 Å². The Bertz CT molecular complexity index is 431. The van der Waals surface area contributed by atoms with Crippen molar-refractivity contribution in [2.24, 2.45) is 0 Å². The van der Waals surface area contributed by atoms with E-state index in [1.54, 1.807) is 10.9 Å². The van der Waals surface area contributed by atoms with Crippen LogP contribution in [0.15, 0.2) is 29.9 Å². The molecule has 0 fully saturated rings. The number of aryl methyl sites for hydroxylation is 1. The van der Waals surface area contributed by atoms with Crippen LogP contribution in [0.25, 0.3) is 0 Å². The Balaban J connectivity index is 2.09. The first-order valence-electron chi connectivity index (χ1n) is 4.31. The summed E-state index contributed by atoms with van der Waals surface area (Å²) in [4.78, 5) is 12.4. The molecule has 3 nitrogen and oxygen atoms in total. The summed E-state index contributed by atoms with van der Waals surface area (Å²) in [6.07, 6.45) is 3.62. The molecule has 2 aromatic heterocycles. The van der Waals surface area contributed by atoms with E-state index in [-0.39, 0.29) is 5.78 Å². The van der Waals surface area contributed by atoms with Crippen molar-refractivity contribution in [2.45, 2.75) is 13.5 Å². The fourth-order valence-corrected chi connectivity index (χ4v) is 1.87. The van der Waals surface area contributed by atoms with E-state index in [9.17, 15) is 4.79 Å². The van der Waals surface area contributed by atoms with Crippen molar-refractivity contribution in [2.75, 3.05) is 0 Å². The van der Waals surface area contributed by atoms with Crippen LogP contribution in [-0.2, 0) is 6.54 Å². The number of aromatic nitrogens is 2. The van der Waals surface area contributed by atoms with Crippen LogP contribution >= 0.6 is 11.3 Å². The van der Waals surface area contributed by atoms with Crippen molar-refractivity contribution in [3.8, 4) is 0 Å². The summed E-state index contributed by atoms with van der Waals surface area (Å²) in [6.45, 7) is 2.29. The summed E-state index contributed by atoms with van der Waals surface area (Å²) >= 11 is 1.47. The van der Waals surface area contributed by atoms with Crippen LogP contribution in [-0.4, -0.2) is 15.6 Å². The first kappa shape index (κ1) is 9.15. The summed E-state index contributed by atoms with van der Waals surface area (Å²) < 4.78 is 1.66. The molecule has 0 N–H and O–H groups in total. The molecule has 0 radical (unpaired) electrons. The number of ketones is 1. The molecule has 0 aliphatic heterocycles. The second kappa shape index (κ2) is 3.75. The van der Waals surface area contributed by atoms with Gasteiger partial charge in [-0.3, -0.25) is 9.48 Å². The van der Waals surface area contributed by atoms with E-state index in [0.29, 0.717) is 6.54 Å². The lowest BCUT2D eigenvalue weighted by Gasteiger charge is -1.97. The van der Waals surface area contributed by atoms with Gasteiger partial charge in [0.2, 0.25) is 0 Å². The van der Waals surface area contributed by atoms with Gasteiger partial charge in [-0.05, 0) is 23.9 Å². The SMILES string of the molecule is Cc1cnn(CC(=O)c2cccs2)c1. The van der Waals surface area contributed by atoms with Gasteiger partial charge < -0.3 is 0 Å². The molecule has 2 aromatic rings. The topological polar surface area (TPSA) is 34.9 Å². The monoisotopic (exact) mass is 206 g/mol. The zero-order valence-electron chi connectivity index (χ0n) is 7.80. The number of carbonyl (C=O) groups is 1. The van der Waals surface area contributed by atoms with Crippen LogP contribution in [0.5, 0.6) is 0 Å². The second-order valence-corrected chi connectivity index (χ2v) is 4.06. The van der Waals surface area contributed by atoms with E-state index in [1.807, 2.05) is 30.6 Å². The van der Waals surface area contributed by atoms with Gasteiger partial charge in [-0.25, -0.2) is 0 Å². The number of nitrogens with zero attached hydrogens (tertiary/aromatic N) is 2. The van der Waals surface area contributed by atoms with Crippen molar-refractivity contribution in [3.63, 3.8) is 0 Å². The third kappa shape index (κ3) is 1.90. The zero-order valence-corrected chi connectivity index (χ0v) is 8.62. The van der Waals surface area contributed by atoms with Gasteiger partial charge in [0, 0.05) is 6.20 Å². The van der Waals surface area contributed by atoms with Gasteiger partial charge in [0.15, 0.2) is 5.78 Å². The maximum absolute atomic E-state index is 11.6. The maximum Gasteiger partial charge on any atom is 0.194 e. The van der Waals surface area contributed by atoms with Crippen molar-refractivity contribution in [1.29, 1.82) is 0 Å². The van der Waals surface area contributed by atoms with E-state index >= 15 is 0 Å². The molecule has 0 unspecified atom stereocenters. The number of Topliss-reactive ketones (excluding diaryl/α,β-unsaturated/α-hetero) is 1. The molecule has 0 amide bonds. The highest BCUT2D eigenvalue weighted by Gasteiger charge is 2.07. The van der Waals surface area contributed by atoms with Crippen LogP contribution in [0.2, 0.25) is 0 Å². The van der Waals surface area contributed by atoms with Crippen LogP contribution in [0, 0.1) is 6.92 Å². The smallest absolute Gasteiger partial charge is 0.194 e. The molecule has 0 aromatic carbocycles. The molecule has 0 aliphatic rings. The summed E-state index contributed by atoms with van der Waals surface area (Å²) in [5.74, 6) is 0.114. The quantitative estimate of drug-likeness (QED) is 0.721. The minimum atomic E-state index is 0.114. The fourth-order valence-electron chi connectivity index (χ4n) is 1.22. The third-order valence-corrected chi connectivity index (χ3v) is 2.77. The Kier molecular flexibility index (Phi) is 2.45. The fraction of sp³-hybridized carbons (Fsp3) is 0.200. The van der Waals surface area contributed by atoms with Crippen LogP contribution in [0.1, 0.15) is 15.2 Å². The highest BCUT2D eigenvalue weighted by atomic mass is 32.1. The Morgan fingerprint density at radius 2 is 2.50 bits per heavy atom. The van der Waals surface area contributed by atoms with Crippen molar-refractivity contribution >= 4 is 17.1 Å². The second-order valence-electron chi connectivity index (χ2n) is 3.12. The van der Waals surface area contributed by atoms with Crippen LogP contribution in [0.3, 0.4) is 0 Å². The van der Waals surface area contributed by atoms with Gasteiger partial charge in [-0.1, -0.05) is 6.07 Å². The predicted molar refractivity (Wildman–Crippen MR) is 55.6 cm³/mol. The largest absolute Gasteiger partial charge is 0.291 e. The highest BCUT2D eigenvalue weighted by Crippen LogP contribution is 2.10. The number of hydrogen-bond donors (Lipinski definition) is 0. The van der Waals surface area contributed by atoms with Gasteiger partial charge in [0.05, 0.1) is 11.1 Å². The Morgan fingerprint density at radius 1 is 1.64 bits per heavy atom. The molecule has 0 bridgehead atoms. The number of hydrogen-bond acceptors (Lipinski definition) is 3. The van der Waals surface area contributed by atoms with E-state index in [4.69, 9.17) is 0 Å². The first-order valence-corrected chi connectivity index (χ1v) is 5.19. The van der Waals surface area contributed by atoms with Crippen LogP contribution < -0.4 is 0 Å². The molecule has 14 heavy (non-hydrogen) atoms. The average molecular weight is 206 g/mol. The molecule has 0 spiro atoms. The van der Waals surface area contributed by atoms with Crippen molar-refractivity contribution < 1.29 is 4.79 Å². The minimum Gasteiger partial charge on any atom is -0.291 e. The molecule has 72 valence electrons. The molecular formula is C10H10N2OS. The van der Waals surface area contributed by atoms with Crippen LogP contribution in [0.4, 0.5) is 0 Å². The number of thiophene rings is 1. The summed E-state index contributed by atoms with van der Waals surface area (Å²) in [7, 11) is 0. The number of rotatable bonds is 3. The van der Waals surface area contributed by atoms with Gasteiger partial charge in [0.1, 0.15) is 6.54 Å². The molecule has 4 heteroatoms. The molecule has 0 saturated heterocycles. The van der Waals surface area contributed by atoms with Gasteiger partial charge in [0.25, 0.3) is 0 Å². The molecule has 2 heterocycles. The van der Waals surface area contributed by atoms with Crippen molar-refractivity contribution in [1.82, 2.24) is 9.78 Å². The lowest BCUT2D eigenvalue weighted by Crippen LogP contribution is -2.09. The van der Waals surface area contributed by atoms with E-state index in [1.165, 1.54) is 11.3 Å². The molecular weight excluding hydrogens is 196 g/mol. The third-order valence-electron chi connectivity index (χ3n) is 1.86. The Hall–Kier alpha value is -1.42. The Morgan fingerprint density at radius 3 is 3.07 bits per heavy atom. The normalized spacial score (nSPS) is 10.4. The number of carbonyl (C=O) groups excluding carboxylic acids is 1. The standard InChI is InChI=1S/C10H10N2OS/c1-8-5-11-12(6-8)7-9(13)10-3-2-4-14-10/h2-6H,7H2,1H3. The zero-order chi connectivity index (χ0) is 9.97. The summed E-state index contributed by atoms with van der Waals surface area (Å²) in [6, 6.07) is 3.72. The van der Waals surface area contributed by atoms with E-state index in [0.717, 1.165) is 10.4 Å². The highest BCUT2D eigenvalue weighted by molar-refractivity contribution is 7.12. The first-order chi connectivity index (χ1) is 6.75. The maximum atomic E-state index is 11.6. The average Bonchev–Trinajstić information content (AvgIpc) is 2.75. The van der Waals surface area contributed by atoms with Gasteiger partial charge >= 0.3 is 0 Å². The van der Waals surface area contributed by atoms with Gasteiger partial charge in [-0.15, -0.1) is 11.3 Å². The predicted octanol–water partition coefficient (Wildman–Crippen LogP) is 2.14. The molecule has 2 rings (SSSR count). The molecule has 0 saturated carbocycles. The lowest BCUT2D eigenvalue weighted by molar-refractivity contribution is 0.0971. The van der Waals surface area contributed by atoms with Crippen molar-refractivity contribution in [3.05, 3.63) is 40.3 Å².